The van der Waals surface area contributed by atoms with Gasteiger partial charge in [-0.3, -0.25) is 4.79 Å². The quantitative estimate of drug-likeness (QED) is 0.684. The largest absolute Gasteiger partial charge is 0.373 e. The normalized spacial score (nSPS) is 12.2. The molecule has 0 unspecified atom stereocenters. The van der Waals surface area contributed by atoms with Crippen LogP contribution >= 0.6 is 0 Å². The van der Waals surface area contributed by atoms with E-state index in [0.29, 0.717) is 5.82 Å². The summed E-state index contributed by atoms with van der Waals surface area (Å²) in [5, 5.41) is 2.76. The predicted octanol–water partition coefficient (Wildman–Crippen LogP) is 0.0556. The van der Waals surface area contributed by atoms with Crippen molar-refractivity contribution in [3.63, 3.8) is 0 Å². The maximum Gasteiger partial charge on any atom is 0.241 e. The van der Waals surface area contributed by atoms with Crippen molar-refractivity contribution in [2.45, 2.75) is 30.7 Å². The van der Waals surface area contributed by atoms with Crippen LogP contribution in [-0.4, -0.2) is 31.9 Å². The zero-order valence-electron chi connectivity index (χ0n) is 11.1. The highest BCUT2D eigenvalue weighted by atomic mass is 32.2. The molecule has 0 fully saturated rings. The topological polar surface area (TPSA) is 114 Å². The molecule has 4 N–H and O–H groups in total. The summed E-state index contributed by atoms with van der Waals surface area (Å²) in [5.41, 5.74) is 4.14. The van der Waals surface area contributed by atoms with E-state index in [-0.39, 0.29) is 11.3 Å². The van der Waals surface area contributed by atoms with Gasteiger partial charge in [-0.1, -0.05) is 0 Å². The van der Waals surface area contributed by atoms with Crippen LogP contribution in [0.25, 0.3) is 0 Å². The zero-order chi connectivity index (χ0) is 14.7. The molecule has 1 rings (SSSR count). The average molecular weight is 286 g/mol. The molecule has 1 aromatic heterocycles. The smallest absolute Gasteiger partial charge is 0.241 e. The van der Waals surface area contributed by atoms with Crippen LogP contribution < -0.4 is 15.8 Å². The number of aromatic nitrogens is 1. The highest BCUT2D eigenvalue weighted by Crippen LogP contribution is 2.17. The Labute approximate surface area is 112 Å². The second kappa shape index (κ2) is 5.54. The molecule has 0 spiro atoms. The van der Waals surface area contributed by atoms with E-state index in [1.165, 1.54) is 18.3 Å². The lowest BCUT2D eigenvalue weighted by Gasteiger charge is -2.24. The van der Waals surface area contributed by atoms with Crippen molar-refractivity contribution in [1.29, 1.82) is 0 Å². The summed E-state index contributed by atoms with van der Waals surface area (Å²) >= 11 is 0. The summed E-state index contributed by atoms with van der Waals surface area (Å²) in [6.45, 7) is 3.19. The Balaban J connectivity index is 3.01. The molecule has 0 bridgehead atoms. The number of hydrogen-bond acceptors (Lipinski definition) is 5. The Bertz CT molecular complexity index is 569. The third-order valence-electron chi connectivity index (χ3n) is 2.32. The van der Waals surface area contributed by atoms with Gasteiger partial charge in [-0.25, -0.2) is 18.1 Å². The van der Waals surface area contributed by atoms with Crippen LogP contribution in [0.15, 0.2) is 23.2 Å². The van der Waals surface area contributed by atoms with Gasteiger partial charge in [-0.15, -0.1) is 0 Å². The van der Waals surface area contributed by atoms with E-state index < -0.39 is 21.5 Å². The molecule has 0 saturated carbocycles. The summed E-state index contributed by atoms with van der Waals surface area (Å²) in [6, 6.07) is 2.78. The molecule has 0 aliphatic rings. The minimum atomic E-state index is -3.73. The van der Waals surface area contributed by atoms with E-state index in [0.717, 1.165) is 0 Å². The van der Waals surface area contributed by atoms with E-state index in [4.69, 9.17) is 5.73 Å². The van der Waals surface area contributed by atoms with E-state index in [1.54, 1.807) is 20.9 Å². The van der Waals surface area contributed by atoms with Crippen LogP contribution in [0.5, 0.6) is 0 Å². The number of sulfonamides is 1. The standard InChI is InChI=1S/C11H18N4O3S/c1-11(2,7-9(12)16)15-19(17,18)8-4-5-14-10(6-8)13-3/h4-6,15H,7H2,1-3H3,(H2,12,16)(H,13,14). The number of rotatable bonds is 6. The third kappa shape index (κ3) is 4.49. The minimum absolute atomic E-state index is 0.0735. The molecule has 0 aliphatic carbocycles. The molecular formula is C11H18N4O3S. The van der Waals surface area contributed by atoms with Crippen LogP contribution in [0.3, 0.4) is 0 Å². The van der Waals surface area contributed by atoms with Crippen LogP contribution in [0, 0.1) is 0 Å². The first-order valence-electron chi connectivity index (χ1n) is 5.62. The molecule has 1 amide bonds. The van der Waals surface area contributed by atoms with E-state index in [2.05, 4.69) is 15.0 Å². The lowest BCUT2D eigenvalue weighted by atomic mass is 10.0. The number of carbonyl (C=O) groups is 1. The van der Waals surface area contributed by atoms with Gasteiger partial charge in [0, 0.05) is 31.3 Å². The fraction of sp³-hybridized carbons (Fsp3) is 0.455. The van der Waals surface area contributed by atoms with Gasteiger partial charge in [0.2, 0.25) is 15.9 Å². The minimum Gasteiger partial charge on any atom is -0.373 e. The Morgan fingerprint density at radius 1 is 1.47 bits per heavy atom. The van der Waals surface area contributed by atoms with Crippen molar-refractivity contribution in [3.8, 4) is 0 Å². The molecule has 7 nitrogen and oxygen atoms in total. The number of pyridine rings is 1. The number of hydrogen-bond donors (Lipinski definition) is 3. The Kier molecular flexibility index (Phi) is 4.48. The number of nitrogens with zero attached hydrogens (tertiary/aromatic N) is 1. The molecule has 8 heteroatoms. The van der Waals surface area contributed by atoms with Crippen molar-refractivity contribution in [3.05, 3.63) is 18.3 Å². The molecule has 1 aromatic rings. The first kappa shape index (κ1) is 15.4. The molecule has 1 heterocycles. The van der Waals surface area contributed by atoms with Gasteiger partial charge in [0.05, 0.1) is 4.90 Å². The number of primary amides is 1. The Morgan fingerprint density at radius 3 is 2.63 bits per heavy atom. The number of carbonyl (C=O) groups excluding carboxylic acids is 1. The molecule has 0 saturated heterocycles. The highest BCUT2D eigenvalue weighted by Gasteiger charge is 2.28. The second-order valence-electron chi connectivity index (χ2n) is 4.76. The van der Waals surface area contributed by atoms with Crippen molar-refractivity contribution < 1.29 is 13.2 Å². The molecule has 0 aromatic carbocycles. The van der Waals surface area contributed by atoms with Crippen LogP contribution in [0.4, 0.5) is 5.82 Å². The van der Waals surface area contributed by atoms with Gasteiger partial charge in [-0.2, -0.15) is 0 Å². The first-order chi connectivity index (χ1) is 8.66. The first-order valence-corrected chi connectivity index (χ1v) is 7.11. The summed E-state index contributed by atoms with van der Waals surface area (Å²) in [5.74, 6) is -0.131. The predicted molar refractivity (Wildman–Crippen MR) is 72.0 cm³/mol. The number of nitrogens with two attached hydrogens (primary N) is 1. The number of nitrogens with one attached hydrogen (secondary N) is 2. The number of amides is 1. The molecule has 0 atom stereocenters. The van der Waals surface area contributed by atoms with Gasteiger partial charge in [-0.05, 0) is 19.9 Å². The number of anilines is 1. The van der Waals surface area contributed by atoms with Gasteiger partial charge in [0.15, 0.2) is 0 Å². The van der Waals surface area contributed by atoms with Crippen LogP contribution in [0.1, 0.15) is 20.3 Å². The Morgan fingerprint density at radius 2 is 2.11 bits per heavy atom. The monoisotopic (exact) mass is 286 g/mol. The second-order valence-corrected chi connectivity index (χ2v) is 6.44. The van der Waals surface area contributed by atoms with E-state index >= 15 is 0 Å². The fourth-order valence-corrected chi connectivity index (χ4v) is 3.03. The fourth-order valence-electron chi connectivity index (χ4n) is 1.61. The van der Waals surface area contributed by atoms with Crippen molar-refractivity contribution in [2.75, 3.05) is 12.4 Å². The maximum atomic E-state index is 12.2. The lowest BCUT2D eigenvalue weighted by molar-refractivity contribution is -0.119. The highest BCUT2D eigenvalue weighted by molar-refractivity contribution is 7.89. The Hall–Kier alpha value is -1.67. The van der Waals surface area contributed by atoms with Crippen LogP contribution in [0.2, 0.25) is 0 Å². The lowest BCUT2D eigenvalue weighted by Crippen LogP contribution is -2.45. The molecule has 0 radical (unpaired) electrons. The average Bonchev–Trinajstić information content (AvgIpc) is 2.25. The van der Waals surface area contributed by atoms with E-state index in [1.807, 2.05) is 0 Å². The third-order valence-corrected chi connectivity index (χ3v) is 4.02. The van der Waals surface area contributed by atoms with Crippen LogP contribution in [-0.2, 0) is 14.8 Å². The summed E-state index contributed by atoms with van der Waals surface area (Å²) in [7, 11) is -2.09. The van der Waals surface area contributed by atoms with Gasteiger partial charge in [0.25, 0.3) is 0 Å². The SMILES string of the molecule is CNc1cc(S(=O)(=O)NC(C)(C)CC(N)=O)ccn1. The zero-order valence-corrected chi connectivity index (χ0v) is 11.9. The van der Waals surface area contributed by atoms with E-state index in [9.17, 15) is 13.2 Å². The summed E-state index contributed by atoms with van der Waals surface area (Å²) in [4.78, 5) is 14.9. The molecule has 0 aliphatic heterocycles. The van der Waals surface area contributed by atoms with Gasteiger partial charge >= 0.3 is 0 Å². The molecular weight excluding hydrogens is 268 g/mol. The van der Waals surface area contributed by atoms with Gasteiger partial charge < -0.3 is 11.1 Å². The van der Waals surface area contributed by atoms with Gasteiger partial charge in [0.1, 0.15) is 5.82 Å². The summed E-state index contributed by atoms with van der Waals surface area (Å²) < 4.78 is 26.8. The molecule has 106 valence electrons. The summed E-state index contributed by atoms with van der Waals surface area (Å²) in [6.07, 6.45) is 1.30. The van der Waals surface area contributed by atoms with Crippen molar-refractivity contribution >= 4 is 21.7 Å². The van der Waals surface area contributed by atoms with Crippen molar-refractivity contribution in [1.82, 2.24) is 9.71 Å². The maximum absolute atomic E-state index is 12.2. The molecule has 19 heavy (non-hydrogen) atoms. The van der Waals surface area contributed by atoms with Crippen molar-refractivity contribution in [2.24, 2.45) is 5.73 Å².